The van der Waals surface area contributed by atoms with Gasteiger partial charge in [0.15, 0.2) is 5.82 Å². The van der Waals surface area contributed by atoms with E-state index in [1.165, 1.54) is 23.0 Å². The van der Waals surface area contributed by atoms with Gasteiger partial charge in [0.25, 0.3) is 0 Å². The summed E-state index contributed by atoms with van der Waals surface area (Å²) in [4.78, 5) is 23.3. The molecule has 120 valence electrons. The number of carboxylic acid groups (broad SMARTS) is 1. The lowest BCUT2D eigenvalue weighted by Gasteiger charge is -2.40. The first-order valence-corrected chi connectivity index (χ1v) is 7.32. The van der Waals surface area contributed by atoms with Gasteiger partial charge in [-0.05, 0) is 30.5 Å². The first kappa shape index (κ1) is 15.2. The first-order chi connectivity index (χ1) is 11.0. The maximum absolute atomic E-state index is 13.5. The molecule has 1 aliphatic carbocycles. The van der Waals surface area contributed by atoms with Crippen LogP contribution in [0.5, 0.6) is 0 Å². The normalized spacial score (nSPS) is 15.7. The molecule has 0 atom stereocenters. The number of carbonyl (C=O) groups is 2. The highest BCUT2D eigenvalue weighted by Gasteiger charge is 2.45. The predicted molar refractivity (Wildman–Crippen MR) is 80.4 cm³/mol. The minimum Gasteiger partial charge on any atom is -0.480 e. The Bertz CT molecular complexity index is 753. The van der Waals surface area contributed by atoms with Crippen molar-refractivity contribution in [3.05, 3.63) is 47.9 Å². The molecule has 1 amide bonds. The van der Waals surface area contributed by atoms with Crippen LogP contribution >= 0.6 is 0 Å². The van der Waals surface area contributed by atoms with Crippen LogP contribution in [0.3, 0.4) is 0 Å². The SMILES string of the molecule is O=C(O)Cn1ccc(NC(=O)C2(c3cccc(F)c3)CCC2)n1. The Morgan fingerprint density at radius 2 is 2.13 bits per heavy atom. The Kier molecular flexibility index (Phi) is 3.85. The Hall–Kier alpha value is -2.70. The van der Waals surface area contributed by atoms with Crippen molar-refractivity contribution in [1.82, 2.24) is 9.78 Å². The van der Waals surface area contributed by atoms with Gasteiger partial charge >= 0.3 is 5.97 Å². The van der Waals surface area contributed by atoms with Crippen LogP contribution in [0.4, 0.5) is 10.2 Å². The van der Waals surface area contributed by atoms with Gasteiger partial charge in [-0.25, -0.2) is 4.39 Å². The van der Waals surface area contributed by atoms with Gasteiger partial charge in [-0.1, -0.05) is 18.6 Å². The van der Waals surface area contributed by atoms with Gasteiger partial charge in [0.1, 0.15) is 12.4 Å². The maximum Gasteiger partial charge on any atom is 0.325 e. The molecule has 7 heteroatoms. The largest absolute Gasteiger partial charge is 0.480 e. The Balaban J connectivity index is 1.78. The number of nitrogens with zero attached hydrogens (tertiary/aromatic N) is 2. The van der Waals surface area contributed by atoms with E-state index in [-0.39, 0.29) is 18.3 Å². The fraction of sp³-hybridized carbons (Fsp3) is 0.312. The molecule has 1 aliphatic rings. The van der Waals surface area contributed by atoms with Gasteiger partial charge in [0, 0.05) is 12.3 Å². The van der Waals surface area contributed by atoms with Crippen LogP contribution in [-0.4, -0.2) is 26.8 Å². The minimum absolute atomic E-state index is 0.241. The predicted octanol–water partition coefficient (Wildman–Crippen LogP) is 2.17. The Labute approximate surface area is 131 Å². The number of amides is 1. The number of nitrogens with one attached hydrogen (secondary N) is 1. The van der Waals surface area contributed by atoms with Crippen molar-refractivity contribution in [3.8, 4) is 0 Å². The molecular weight excluding hydrogens is 301 g/mol. The van der Waals surface area contributed by atoms with E-state index in [9.17, 15) is 14.0 Å². The van der Waals surface area contributed by atoms with E-state index >= 15 is 0 Å². The van der Waals surface area contributed by atoms with Crippen LogP contribution < -0.4 is 5.32 Å². The summed E-state index contributed by atoms with van der Waals surface area (Å²) in [6.45, 7) is -0.273. The highest BCUT2D eigenvalue weighted by molar-refractivity contribution is 5.99. The average molecular weight is 317 g/mol. The number of hydrogen-bond acceptors (Lipinski definition) is 3. The number of carbonyl (C=O) groups excluding carboxylic acids is 1. The fourth-order valence-electron chi connectivity index (χ4n) is 2.85. The summed E-state index contributed by atoms with van der Waals surface area (Å²) < 4.78 is 14.7. The molecule has 2 N–H and O–H groups in total. The lowest BCUT2D eigenvalue weighted by Crippen LogP contribution is -2.46. The Morgan fingerprint density at radius 1 is 1.35 bits per heavy atom. The van der Waals surface area contributed by atoms with Crippen molar-refractivity contribution >= 4 is 17.7 Å². The van der Waals surface area contributed by atoms with Crippen molar-refractivity contribution < 1.29 is 19.1 Å². The summed E-state index contributed by atoms with van der Waals surface area (Å²) >= 11 is 0. The molecule has 1 heterocycles. The van der Waals surface area contributed by atoms with E-state index in [0.717, 1.165) is 6.42 Å². The number of aliphatic carboxylic acids is 1. The maximum atomic E-state index is 13.5. The monoisotopic (exact) mass is 317 g/mol. The van der Waals surface area contributed by atoms with Crippen LogP contribution in [0.1, 0.15) is 24.8 Å². The van der Waals surface area contributed by atoms with Crippen LogP contribution in [0, 0.1) is 5.82 Å². The number of aromatic nitrogens is 2. The summed E-state index contributed by atoms with van der Waals surface area (Å²) in [7, 11) is 0. The van der Waals surface area contributed by atoms with Gasteiger partial charge in [-0.3, -0.25) is 14.3 Å². The molecular formula is C16H16FN3O3. The van der Waals surface area contributed by atoms with E-state index in [4.69, 9.17) is 5.11 Å². The smallest absolute Gasteiger partial charge is 0.325 e. The van der Waals surface area contributed by atoms with Crippen molar-refractivity contribution in [3.63, 3.8) is 0 Å². The molecule has 0 saturated heterocycles. The molecule has 0 bridgehead atoms. The quantitative estimate of drug-likeness (QED) is 0.885. The summed E-state index contributed by atoms with van der Waals surface area (Å²) in [5.41, 5.74) is -0.0789. The summed E-state index contributed by atoms with van der Waals surface area (Å²) in [5.74, 6) is -1.33. The van der Waals surface area contributed by atoms with Crippen LogP contribution in [-0.2, 0) is 21.5 Å². The van der Waals surface area contributed by atoms with Gasteiger partial charge in [-0.2, -0.15) is 5.10 Å². The third-order valence-corrected chi connectivity index (χ3v) is 4.20. The first-order valence-electron chi connectivity index (χ1n) is 7.32. The number of hydrogen-bond donors (Lipinski definition) is 2. The number of benzene rings is 1. The lowest BCUT2D eigenvalue weighted by atomic mass is 9.64. The molecule has 0 aliphatic heterocycles. The number of anilines is 1. The Morgan fingerprint density at radius 3 is 2.74 bits per heavy atom. The molecule has 1 aromatic heterocycles. The van der Waals surface area contributed by atoms with Crippen molar-refractivity contribution in [2.75, 3.05) is 5.32 Å². The van der Waals surface area contributed by atoms with Crippen LogP contribution in [0.15, 0.2) is 36.5 Å². The van der Waals surface area contributed by atoms with Gasteiger partial charge in [0.2, 0.25) is 5.91 Å². The highest BCUT2D eigenvalue weighted by atomic mass is 19.1. The lowest BCUT2D eigenvalue weighted by molar-refractivity contribution is -0.137. The third-order valence-electron chi connectivity index (χ3n) is 4.20. The second kappa shape index (κ2) is 5.83. The zero-order valence-electron chi connectivity index (χ0n) is 12.3. The van der Waals surface area contributed by atoms with Gasteiger partial charge in [0.05, 0.1) is 5.41 Å². The van der Waals surface area contributed by atoms with Gasteiger partial charge in [-0.15, -0.1) is 0 Å². The summed E-state index contributed by atoms with van der Waals surface area (Å²) in [5, 5.41) is 15.4. The summed E-state index contributed by atoms with van der Waals surface area (Å²) in [6, 6.07) is 7.63. The molecule has 0 spiro atoms. The number of carboxylic acids is 1. The van der Waals surface area contributed by atoms with Crippen LogP contribution in [0.25, 0.3) is 0 Å². The van der Waals surface area contributed by atoms with E-state index in [1.807, 2.05) is 0 Å². The standard InChI is InChI=1S/C16H16FN3O3/c17-12-4-1-3-11(9-12)16(6-2-7-16)15(23)18-13-5-8-20(19-13)10-14(21)22/h1,3-5,8-9H,2,6-7,10H2,(H,21,22)(H,18,19,23). The molecule has 6 nitrogen and oxygen atoms in total. The second-order valence-corrected chi connectivity index (χ2v) is 5.69. The van der Waals surface area contributed by atoms with E-state index in [2.05, 4.69) is 10.4 Å². The number of halogens is 1. The van der Waals surface area contributed by atoms with E-state index in [1.54, 1.807) is 18.2 Å². The molecule has 1 aromatic carbocycles. The topological polar surface area (TPSA) is 84.2 Å². The molecule has 3 rings (SSSR count). The summed E-state index contributed by atoms with van der Waals surface area (Å²) in [6.07, 6.45) is 3.69. The average Bonchev–Trinajstić information content (AvgIpc) is 2.83. The molecule has 0 unspecified atom stereocenters. The molecule has 1 saturated carbocycles. The van der Waals surface area contributed by atoms with Crippen molar-refractivity contribution in [2.24, 2.45) is 0 Å². The van der Waals surface area contributed by atoms with Gasteiger partial charge < -0.3 is 10.4 Å². The minimum atomic E-state index is -1.01. The van der Waals surface area contributed by atoms with Crippen molar-refractivity contribution in [2.45, 2.75) is 31.2 Å². The van der Waals surface area contributed by atoms with Crippen LogP contribution in [0.2, 0.25) is 0 Å². The molecule has 0 radical (unpaired) electrons. The zero-order chi connectivity index (χ0) is 16.4. The van der Waals surface area contributed by atoms with Crippen molar-refractivity contribution in [1.29, 1.82) is 0 Å². The zero-order valence-corrected chi connectivity index (χ0v) is 12.3. The molecule has 1 fully saturated rings. The molecule has 23 heavy (non-hydrogen) atoms. The van der Waals surface area contributed by atoms with E-state index < -0.39 is 11.4 Å². The number of rotatable bonds is 5. The third kappa shape index (κ3) is 2.94. The van der Waals surface area contributed by atoms with E-state index in [0.29, 0.717) is 24.2 Å². The second-order valence-electron chi connectivity index (χ2n) is 5.69. The molecule has 2 aromatic rings. The fourth-order valence-corrected chi connectivity index (χ4v) is 2.85. The highest BCUT2D eigenvalue weighted by Crippen LogP contribution is 2.44.